The number of hydrogen-bond acceptors (Lipinski definition) is 1. The van der Waals surface area contributed by atoms with Gasteiger partial charge in [0.1, 0.15) is 0 Å². The van der Waals surface area contributed by atoms with Gasteiger partial charge in [0.2, 0.25) is 0 Å². The molecule has 0 amide bonds. The molecule has 0 spiro atoms. The lowest BCUT2D eigenvalue weighted by Gasteiger charge is -2.43. The first-order chi connectivity index (χ1) is 9.02. The van der Waals surface area contributed by atoms with Crippen molar-refractivity contribution in [3.05, 3.63) is 0 Å². The lowest BCUT2D eigenvalue weighted by Crippen LogP contribution is -2.45. The maximum absolute atomic E-state index is 10.1. The molecule has 4 fully saturated rings. The molecule has 0 radical (unpaired) electrons. The fraction of sp³-hybridized carbons (Fsp3) is 1.00. The Labute approximate surface area is 115 Å². The van der Waals surface area contributed by atoms with E-state index < -0.39 is 7.66 Å². The van der Waals surface area contributed by atoms with Gasteiger partial charge in [-0.2, -0.15) is 0 Å². The van der Waals surface area contributed by atoms with Gasteiger partial charge in [-0.25, -0.2) is 4.67 Å². The molecule has 6 unspecified atom stereocenters. The SMILES string of the molecule is N=P(O)(O)N(C1CC2CCC1C2)C1CC2CCC1C2. The molecular weight excluding hydrogens is 259 g/mol. The minimum atomic E-state index is -3.60. The van der Waals surface area contributed by atoms with Crippen molar-refractivity contribution in [2.75, 3.05) is 0 Å². The molecule has 108 valence electrons. The third-order valence-corrected chi connectivity index (χ3v) is 7.64. The third-order valence-electron chi connectivity index (χ3n) is 6.40. The largest absolute Gasteiger partial charge is 0.328 e. The topological polar surface area (TPSA) is 67.5 Å². The summed E-state index contributed by atoms with van der Waals surface area (Å²) in [6.45, 7) is 0. The van der Waals surface area contributed by atoms with E-state index in [-0.39, 0.29) is 0 Å². The van der Waals surface area contributed by atoms with Crippen LogP contribution in [0.4, 0.5) is 0 Å². The van der Waals surface area contributed by atoms with Gasteiger partial charge in [-0.1, -0.05) is 12.8 Å². The Morgan fingerprint density at radius 2 is 1.26 bits per heavy atom. The van der Waals surface area contributed by atoms with Gasteiger partial charge in [0.25, 0.3) is 7.66 Å². The van der Waals surface area contributed by atoms with E-state index in [1.807, 2.05) is 4.67 Å². The quantitative estimate of drug-likeness (QED) is 0.697. The molecule has 0 aromatic heterocycles. The lowest BCUT2D eigenvalue weighted by atomic mass is 9.90. The highest BCUT2D eigenvalue weighted by molar-refractivity contribution is 7.50. The van der Waals surface area contributed by atoms with E-state index >= 15 is 0 Å². The molecule has 0 aliphatic heterocycles. The molecule has 4 aliphatic carbocycles. The van der Waals surface area contributed by atoms with Crippen molar-refractivity contribution in [3.63, 3.8) is 0 Å². The number of nitrogens with zero attached hydrogens (tertiary/aromatic N) is 1. The first-order valence-corrected chi connectivity index (χ1v) is 9.55. The van der Waals surface area contributed by atoms with Crippen molar-refractivity contribution < 1.29 is 9.79 Å². The monoisotopic (exact) mass is 284 g/mol. The van der Waals surface area contributed by atoms with Crippen LogP contribution in [0.25, 0.3) is 0 Å². The van der Waals surface area contributed by atoms with Crippen LogP contribution in [-0.2, 0) is 0 Å². The second-order valence-electron chi connectivity index (χ2n) is 7.43. The number of fused-ring (bicyclic) bond motifs is 4. The predicted octanol–water partition coefficient (Wildman–Crippen LogP) is 3.18. The molecule has 0 heterocycles. The summed E-state index contributed by atoms with van der Waals surface area (Å²) in [5.41, 5.74) is 0. The van der Waals surface area contributed by atoms with Crippen LogP contribution in [0.2, 0.25) is 0 Å². The zero-order chi connectivity index (χ0) is 13.2. The van der Waals surface area contributed by atoms with Crippen LogP contribution in [0.15, 0.2) is 0 Å². The van der Waals surface area contributed by atoms with Gasteiger partial charge in [-0.15, -0.1) is 0 Å². The summed E-state index contributed by atoms with van der Waals surface area (Å²) >= 11 is 0. The summed E-state index contributed by atoms with van der Waals surface area (Å²) in [6.07, 6.45) is 9.89. The average Bonchev–Trinajstić information content (AvgIpc) is 3.07. The number of rotatable bonds is 3. The fourth-order valence-corrected chi connectivity index (χ4v) is 7.12. The molecule has 6 atom stereocenters. The Kier molecular flexibility index (Phi) is 2.90. The Morgan fingerprint density at radius 1 is 0.789 bits per heavy atom. The van der Waals surface area contributed by atoms with E-state index in [2.05, 4.69) is 0 Å². The standard InChI is InChI=1S/C14H25N2O2P/c15-19(17,18)16(13-7-9-1-3-11(13)5-9)14-8-10-2-4-12(14)6-10/h9-14H,1-8H2,(H3,15,17,18). The van der Waals surface area contributed by atoms with Gasteiger partial charge in [0.05, 0.1) is 0 Å². The third kappa shape index (κ3) is 2.03. The second-order valence-corrected chi connectivity index (χ2v) is 9.03. The van der Waals surface area contributed by atoms with Crippen LogP contribution in [-0.4, -0.2) is 26.5 Å². The van der Waals surface area contributed by atoms with Crippen LogP contribution < -0.4 is 0 Å². The predicted molar refractivity (Wildman–Crippen MR) is 74.4 cm³/mol. The summed E-state index contributed by atoms with van der Waals surface area (Å²) in [4.78, 5) is 20.2. The van der Waals surface area contributed by atoms with Crippen molar-refractivity contribution in [2.45, 2.75) is 63.5 Å². The van der Waals surface area contributed by atoms with Crippen LogP contribution >= 0.6 is 7.66 Å². The summed E-state index contributed by atoms with van der Waals surface area (Å²) in [5, 5.41) is 7.93. The van der Waals surface area contributed by atoms with Crippen molar-refractivity contribution in [1.29, 1.82) is 5.16 Å². The second kappa shape index (κ2) is 4.30. The van der Waals surface area contributed by atoms with Gasteiger partial charge in [-0.3, -0.25) is 5.16 Å². The molecule has 4 bridgehead atoms. The van der Waals surface area contributed by atoms with Crippen molar-refractivity contribution in [1.82, 2.24) is 4.67 Å². The fourth-order valence-electron chi connectivity index (χ4n) is 5.73. The molecule has 4 rings (SSSR count). The first kappa shape index (κ1) is 12.8. The Balaban J connectivity index is 1.61. The van der Waals surface area contributed by atoms with E-state index in [9.17, 15) is 9.79 Å². The Bertz CT molecular complexity index is 396. The molecule has 5 heteroatoms. The molecule has 19 heavy (non-hydrogen) atoms. The maximum Gasteiger partial charge on any atom is 0.282 e. The summed E-state index contributed by atoms with van der Waals surface area (Å²) in [7, 11) is -3.60. The normalized spacial score (nSPS) is 48.6. The smallest absolute Gasteiger partial charge is 0.282 e. The highest BCUT2D eigenvalue weighted by Gasteiger charge is 2.52. The van der Waals surface area contributed by atoms with Crippen molar-refractivity contribution in [2.24, 2.45) is 23.7 Å². The number of hydrogen-bond donors (Lipinski definition) is 3. The lowest BCUT2D eigenvalue weighted by molar-refractivity contribution is 0.123. The summed E-state index contributed by atoms with van der Waals surface area (Å²) < 4.78 is 1.92. The van der Waals surface area contributed by atoms with Gasteiger partial charge in [0, 0.05) is 12.1 Å². The number of nitrogens with one attached hydrogen (secondary N) is 1. The first-order valence-electron chi connectivity index (χ1n) is 7.91. The highest BCUT2D eigenvalue weighted by atomic mass is 31.2. The average molecular weight is 284 g/mol. The molecule has 3 N–H and O–H groups in total. The van der Waals surface area contributed by atoms with E-state index in [0.29, 0.717) is 23.9 Å². The minimum absolute atomic E-state index is 0.295. The van der Waals surface area contributed by atoms with Gasteiger partial charge in [-0.05, 0) is 62.2 Å². The van der Waals surface area contributed by atoms with Crippen molar-refractivity contribution in [3.8, 4) is 0 Å². The van der Waals surface area contributed by atoms with E-state index in [0.717, 1.165) is 24.7 Å². The van der Waals surface area contributed by atoms with E-state index in [1.54, 1.807) is 0 Å². The summed E-state index contributed by atoms with van der Waals surface area (Å²) in [5.74, 6) is 2.85. The molecule has 0 aromatic carbocycles. The van der Waals surface area contributed by atoms with Gasteiger partial charge < -0.3 is 9.79 Å². The highest BCUT2D eigenvalue weighted by Crippen LogP contribution is 2.59. The molecule has 4 aliphatic rings. The molecule has 0 aromatic rings. The maximum atomic E-state index is 10.1. The van der Waals surface area contributed by atoms with E-state index in [4.69, 9.17) is 5.16 Å². The zero-order valence-corrected chi connectivity index (χ0v) is 12.3. The van der Waals surface area contributed by atoms with Crippen LogP contribution in [0.5, 0.6) is 0 Å². The van der Waals surface area contributed by atoms with Crippen molar-refractivity contribution >= 4 is 7.66 Å². The van der Waals surface area contributed by atoms with Crippen LogP contribution in [0.1, 0.15) is 51.4 Å². The van der Waals surface area contributed by atoms with Crippen LogP contribution in [0, 0.1) is 28.8 Å². The molecule has 0 saturated heterocycles. The Hall–Kier alpha value is 0.110. The van der Waals surface area contributed by atoms with Gasteiger partial charge >= 0.3 is 0 Å². The Morgan fingerprint density at radius 3 is 1.53 bits per heavy atom. The zero-order valence-electron chi connectivity index (χ0n) is 11.4. The van der Waals surface area contributed by atoms with E-state index in [1.165, 1.54) is 38.5 Å². The van der Waals surface area contributed by atoms with Crippen LogP contribution in [0.3, 0.4) is 0 Å². The minimum Gasteiger partial charge on any atom is -0.328 e. The van der Waals surface area contributed by atoms with Gasteiger partial charge in [0.15, 0.2) is 0 Å². The molecule has 4 nitrogen and oxygen atoms in total. The molecular formula is C14H25N2O2P. The summed E-state index contributed by atoms with van der Waals surface area (Å²) in [6, 6.07) is 0.591. The molecule has 4 saturated carbocycles.